The van der Waals surface area contributed by atoms with Gasteiger partial charge in [-0.3, -0.25) is 14.4 Å². The fourth-order valence-electron chi connectivity index (χ4n) is 4.72. The number of nitrogens with zero attached hydrogens (tertiary/aromatic N) is 1. The van der Waals surface area contributed by atoms with Crippen molar-refractivity contribution in [1.82, 2.24) is 4.90 Å². The first-order valence-corrected chi connectivity index (χ1v) is 10.2. The summed E-state index contributed by atoms with van der Waals surface area (Å²) in [6.45, 7) is 8.14. The van der Waals surface area contributed by atoms with Crippen LogP contribution in [0.4, 0.5) is 5.69 Å². The summed E-state index contributed by atoms with van der Waals surface area (Å²) in [7, 11) is 0. The molecule has 3 aliphatic rings. The minimum Gasteiger partial charge on any atom is -0.478 e. The maximum Gasteiger partial charge on any atom is 0.314 e. The van der Waals surface area contributed by atoms with E-state index < -0.39 is 17.1 Å². The summed E-state index contributed by atoms with van der Waals surface area (Å²) < 4.78 is 11.5. The Balaban J connectivity index is 1.60. The number of fused-ring (bicyclic) bond motifs is 2. The fourth-order valence-corrected chi connectivity index (χ4v) is 4.72. The van der Waals surface area contributed by atoms with Crippen molar-refractivity contribution in [3.63, 3.8) is 0 Å². The molecule has 4 rings (SSSR count). The second-order valence-corrected chi connectivity index (χ2v) is 9.36. The summed E-state index contributed by atoms with van der Waals surface area (Å²) in [5.74, 6) is -0.104. The lowest BCUT2D eigenvalue weighted by Gasteiger charge is -2.31. The Kier molecular flexibility index (Phi) is 4.59. The molecule has 1 saturated carbocycles. The first-order chi connectivity index (χ1) is 13.6. The van der Waals surface area contributed by atoms with Crippen molar-refractivity contribution in [2.75, 3.05) is 18.4 Å². The Morgan fingerprint density at radius 2 is 2.07 bits per heavy atom. The van der Waals surface area contributed by atoms with Gasteiger partial charge in [-0.2, -0.15) is 0 Å². The molecule has 2 aliphatic heterocycles. The number of anilines is 1. The van der Waals surface area contributed by atoms with E-state index in [-0.39, 0.29) is 23.7 Å². The second kappa shape index (κ2) is 6.75. The molecule has 2 heterocycles. The largest absolute Gasteiger partial charge is 0.478 e. The lowest BCUT2D eigenvalue weighted by atomic mass is 9.80. The van der Waals surface area contributed by atoms with Crippen LogP contribution in [0.2, 0.25) is 0 Å². The number of rotatable bonds is 2. The predicted octanol–water partition coefficient (Wildman–Crippen LogP) is 2.99. The molecule has 1 N–H and O–H groups in total. The molecule has 29 heavy (non-hydrogen) atoms. The van der Waals surface area contributed by atoms with Gasteiger partial charge in [0, 0.05) is 13.1 Å². The van der Waals surface area contributed by atoms with Crippen molar-refractivity contribution in [1.29, 1.82) is 0 Å². The summed E-state index contributed by atoms with van der Waals surface area (Å²) in [5.41, 5.74) is -0.272. The minimum atomic E-state index is -0.664. The maximum atomic E-state index is 13.4. The number of hydrogen-bond acceptors (Lipinski definition) is 5. The smallest absolute Gasteiger partial charge is 0.314 e. The molecule has 0 unspecified atom stereocenters. The zero-order valence-electron chi connectivity index (χ0n) is 17.4. The zero-order valence-corrected chi connectivity index (χ0v) is 17.4. The third kappa shape index (κ3) is 3.36. The van der Waals surface area contributed by atoms with Gasteiger partial charge in [-0.15, -0.1) is 0 Å². The SMILES string of the molecule is C[C@H]1Oc2c(cccc2C(=O)N2C[C@@H]3CCC[C@@]3(C(=O)OC(C)(C)C)C2)NC1=O. The first kappa shape index (κ1) is 19.7. The lowest BCUT2D eigenvalue weighted by molar-refractivity contribution is -0.168. The number of amides is 2. The number of carbonyl (C=O) groups is 3. The lowest BCUT2D eigenvalue weighted by Crippen LogP contribution is -2.42. The van der Waals surface area contributed by atoms with Gasteiger partial charge in [0.1, 0.15) is 5.60 Å². The summed E-state index contributed by atoms with van der Waals surface area (Å²) in [4.78, 5) is 40.0. The maximum absolute atomic E-state index is 13.4. The number of ether oxygens (including phenoxy) is 2. The molecular weight excluding hydrogens is 372 g/mol. The van der Waals surface area contributed by atoms with Crippen LogP contribution in [0.25, 0.3) is 0 Å². The number of para-hydroxylation sites is 1. The highest BCUT2D eigenvalue weighted by Crippen LogP contribution is 2.50. The molecule has 0 bridgehead atoms. The highest BCUT2D eigenvalue weighted by molar-refractivity contribution is 6.04. The number of esters is 1. The Bertz CT molecular complexity index is 874. The van der Waals surface area contributed by atoms with E-state index in [1.807, 2.05) is 20.8 Å². The normalized spacial score (nSPS) is 28.3. The van der Waals surface area contributed by atoms with Gasteiger partial charge >= 0.3 is 5.97 Å². The van der Waals surface area contributed by atoms with Gasteiger partial charge in [-0.25, -0.2) is 0 Å². The first-order valence-electron chi connectivity index (χ1n) is 10.2. The molecular formula is C22H28N2O5. The van der Waals surface area contributed by atoms with Crippen molar-refractivity contribution >= 4 is 23.5 Å². The molecule has 7 heteroatoms. The topological polar surface area (TPSA) is 84.9 Å². The third-order valence-corrected chi connectivity index (χ3v) is 6.13. The van der Waals surface area contributed by atoms with Gasteiger partial charge in [0.2, 0.25) is 0 Å². The van der Waals surface area contributed by atoms with Crippen molar-refractivity contribution in [2.24, 2.45) is 11.3 Å². The Morgan fingerprint density at radius 1 is 1.31 bits per heavy atom. The highest BCUT2D eigenvalue weighted by atomic mass is 16.6. The van der Waals surface area contributed by atoms with E-state index >= 15 is 0 Å². The Morgan fingerprint density at radius 3 is 2.79 bits per heavy atom. The van der Waals surface area contributed by atoms with Crippen LogP contribution in [0, 0.1) is 11.3 Å². The van der Waals surface area contributed by atoms with Crippen LogP contribution < -0.4 is 10.1 Å². The van der Waals surface area contributed by atoms with Crippen LogP contribution in [-0.2, 0) is 14.3 Å². The summed E-state index contributed by atoms with van der Waals surface area (Å²) in [5, 5.41) is 2.78. The van der Waals surface area contributed by atoms with E-state index in [2.05, 4.69) is 5.32 Å². The molecule has 1 saturated heterocycles. The van der Waals surface area contributed by atoms with Crippen LogP contribution in [0.3, 0.4) is 0 Å². The van der Waals surface area contributed by atoms with Crippen LogP contribution in [0.15, 0.2) is 18.2 Å². The van der Waals surface area contributed by atoms with E-state index in [4.69, 9.17) is 9.47 Å². The highest BCUT2D eigenvalue weighted by Gasteiger charge is 2.57. The third-order valence-electron chi connectivity index (χ3n) is 6.13. The summed E-state index contributed by atoms with van der Waals surface area (Å²) >= 11 is 0. The quantitative estimate of drug-likeness (QED) is 0.772. The van der Waals surface area contributed by atoms with Crippen molar-refractivity contribution < 1.29 is 23.9 Å². The number of nitrogens with one attached hydrogen (secondary N) is 1. The predicted molar refractivity (Wildman–Crippen MR) is 107 cm³/mol. The van der Waals surface area contributed by atoms with Crippen LogP contribution >= 0.6 is 0 Å². The minimum absolute atomic E-state index is 0.111. The average molecular weight is 400 g/mol. The van der Waals surface area contributed by atoms with Crippen LogP contribution in [-0.4, -0.2) is 47.5 Å². The molecule has 156 valence electrons. The van der Waals surface area contributed by atoms with Crippen molar-refractivity contribution in [3.05, 3.63) is 23.8 Å². The van der Waals surface area contributed by atoms with E-state index in [0.29, 0.717) is 30.1 Å². The van der Waals surface area contributed by atoms with Gasteiger partial charge in [0.05, 0.1) is 16.7 Å². The van der Waals surface area contributed by atoms with E-state index in [1.165, 1.54) is 0 Å². The molecule has 0 aromatic heterocycles. The van der Waals surface area contributed by atoms with Crippen LogP contribution in [0.1, 0.15) is 57.3 Å². The molecule has 2 amide bonds. The number of likely N-dealkylation sites (tertiary alicyclic amines) is 1. The molecule has 2 fully saturated rings. The molecule has 0 radical (unpaired) electrons. The van der Waals surface area contributed by atoms with Crippen molar-refractivity contribution in [2.45, 2.75) is 58.7 Å². The molecule has 1 aliphatic carbocycles. The van der Waals surface area contributed by atoms with Gasteiger partial charge in [-0.1, -0.05) is 12.5 Å². The molecule has 0 spiro atoms. The standard InChI is InChI=1S/C22H28N2O5/c1-13-18(25)23-16-9-5-8-15(17(16)28-13)19(26)24-11-14-7-6-10-22(14,12-24)20(27)29-21(2,3)4/h5,8-9,13-14H,6-7,10-12H2,1-4H3,(H,23,25)/t13-,14+,22-/m1/s1. The van der Waals surface area contributed by atoms with E-state index in [0.717, 1.165) is 19.3 Å². The number of hydrogen-bond donors (Lipinski definition) is 1. The monoisotopic (exact) mass is 400 g/mol. The molecule has 7 nitrogen and oxygen atoms in total. The van der Waals surface area contributed by atoms with E-state index in [9.17, 15) is 14.4 Å². The average Bonchev–Trinajstić information content (AvgIpc) is 3.18. The Labute approximate surface area is 170 Å². The molecule has 1 aromatic rings. The van der Waals surface area contributed by atoms with Gasteiger partial charge in [0.15, 0.2) is 11.9 Å². The van der Waals surface area contributed by atoms with Crippen LogP contribution in [0.5, 0.6) is 5.75 Å². The second-order valence-electron chi connectivity index (χ2n) is 9.36. The van der Waals surface area contributed by atoms with Gasteiger partial charge < -0.3 is 19.7 Å². The number of benzene rings is 1. The molecule has 3 atom stereocenters. The van der Waals surface area contributed by atoms with Crippen molar-refractivity contribution in [3.8, 4) is 5.75 Å². The number of carbonyl (C=O) groups excluding carboxylic acids is 3. The Hall–Kier alpha value is -2.57. The van der Waals surface area contributed by atoms with Gasteiger partial charge in [-0.05, 0) is 58.6 Å². The summed E-state index contributed by atoms with van der Waals surface area (Å²) in [6.07, 6.45) is 1.97. The molecule has 1 aromatic carbocycles. The zero-order chi connectivity index (χ0) is 21.0. The van der Waals surface area contributed by atoms with E-state index in [1.54, 1.807) is 30.0 Å². The summed E-state index contributed by atoms with van der Waals surface area (Å²) in [6, 6.07) is 5.16. The van der Waals surface area contributed by atoms with Gasteiger partial charge in [0.25, 0.3) is 11.8 Å². The fraction of sp³-hybridized carbons (Fsp3) is 0.591.